The molecule has 6 heteroatoms. The lowest BCUT2D eigenvalue weighted by Gasteiger charge is -2.10. The molecule has 1 N–H and O–H groups in total. The van der Waals surface area contributed by atoms with Gasteiger partial charge in [0.1, 0.15) is 11.1 Å². The summed E-state index contributed by atoms with van der Waals surface area (Å²) in [6.07, 6.45) is 0. The molecule has 1 aromatic rings. The van der Waals surface area contributed by atoms with Gasteiger partial charge in [0.15, 0.2) is 0 Å². The van der Waals surface area contributed by atoms with Gasteiger partial charge in [-0.1, -0.05) is 25.6 Å². The zero-order valence-corrected chi connectivity index (χ0v) is 10.8. The molecule has 90 valence electrons. The fourth-order valence-electron chi connectivity index (χ4n) is 0.947. The molecule has 0 radical (unpaired) electrons. The number of aromatic nitrogens is 3. The van der Waals surface area contributed by atoms with Crippen LogP contribution in [0.3, 0.4) is 0 Å². The van der Waals surface area contributed by atoms with Crippen LogP contribution in [-0.2, 0) is 9.53 Å². The van der Waals surface area contributed by atoms with Crippen molar-refractivity contribution in [2.24, 2.45) is 5.92 Å². The Balaban J connectivity index is 2.39. The molecular weight excluding hydrogens is 226 g/mol. The van der Waals surface area contributed by atoms with E-state index in [4.69, 9.17) is 4.74 Å². The van der Waals surface area contributed by atoms with Crippen LogP contribution in [0, 0.1) is 12.8 Å². The van der Waals surface area contributed by atoms with Crippen molar-refractivity contribution in [2.75, 3.05) is 6.61 Å². The maximum atomic E-state index is 11.5. The second-order valence-corrected chi connectivity index (χ2v) is 5.30. The van der Waals surface area contributed by atoms with E-state index in [1.165, 1.54) is 11.8 Å². The third-order valence-corrected chi connectivity index (χ3v) is 2.69. The van der Waals surface area contributed by atoms with E-state index >= 15 is 0 Å². The standard InChI is InChI=1S/C10H17N3O2S/c1-6(2)5-15-9(14)7(3)16-10-11-8(4)12-13-10/h6-7H,5H2,1-4H3,(H,11,12,13). The van der Waals surface area contributed by atoms with Crippen molar-refractivity contribution < 1.29 is 9.53 Å². The Hall–Kier alpha value is -1.04. The lowest BCUT2D eigenvalue weighted by molar-refractivity contribution is -0.143. The summed E-state index contributed by atoms with van der Waals surface area (Å²) in [5.41, 5.74) is 0. The van der Waals surface area contributed by atoms with E-state index in [0.717, 1.165) is 5.82 Å². The van der Waals surface area contributed by atoms with Crippen LogP contribution in [-0.4, -0.2) is 33.0 Å². The number of carbonyl (C=O) groups is 1. The second-order valence-electron chi connectivity index (χ2n) is 3.99. The van der Waals surface area contributed by atoms with Crippen LogP contribution in [0.5, 0.6) is 0 Å². The SMILES string of the molecule is Cc1nc(SC(C)C(=O)OCC(C)C)n[nH]1. The molecule has 0 saturated carbocycles. The number of rotatable bonds is 5. The first-order valence-electron chi connectivity index (χ1n) is 5.21. The van der Waals surface area contributed by atoms with Crippen molar-refractivity contribution in [2.45, 2.75) is 38.1 Å². The van der Waals surface area contributed by atoms with E-state index in [9.17, 15) is 4.79 Å². The van der Waals surface area contributed by atoms with Crippen molar-refractivity contribution in [3.63, 3.8) is 0 Å². The minimum absolute atomic E-state index is 0.221. The van der Waals surface area contributed by atoms with Crippen LogP contribution in [0.1, 0.15) is 26.6 Å². The van der Waals surface area contributed by atoms with Gasteiger partial charge in [-0.3, -0.25) is 9.89 Å². The molecule has 0 saturated heterocycles. The first-order chi connectivity index (χ1) is 7.49. The summed E-state index contributed by atoms with van der Waals surface area (Å²) in [5.74, 6) is 0.873. The fourth-order valence-corrected chi connectivity index (χ4v) is 1.72. The van der Waals surface area contributed by atoms with Crippen LogP contribution in [0.2, 0.25) is 0 Å². The number of hydrogen-bond donors (Lipinski definition) is 1. The van der Waals surface area contributed by atoms with Crippen LogP contribution in [0.25, 0.3) is 0 Å². The number of nitrogens with zero attached hydrogens (tertiary/aromatic N) is 2. The number of aryl methyl sites for hydroxylation is 1. The third-order valence-electron chi connectivity index (χ3n) is 1.75. The van der Waals surface area contributed by atoms with Gasteiger partial charge in [0.05, 0.1) is 6.61 Å². The third kappa shape index (κ3) is 4.22. The summed E-state index contributed by atoms with van der Waals surface area (Å²) < 4.78 is 5.12. The Morgan fingerprint density at radius 2 is 2.19 bits per heavy atom. The highest BCUT2D eigenvalue weighted by Gasteiger charge is 2.18. The van der Waals surface area contributed by atoms with E-state index in [2.05, 4.69) is 15.2 Å². The number of aromatic amines is 1. The van der Waals surface area contributed by atoms with Gasteiger partial charge in [-0.05, 0) is 19.8 Å². The molecule has 16 heavy (non-hydrogen) atoms. The molecule has 0 fully saturated rings. The highest BCUT2D eigenvalue weighted by Crippen LogP contribution is 2.19. The number of H-pyrrole nitrogens is 1. The molecule has 0 spiro atoms. The van der Waals surface area contributed by atoms with Gasteiger partial charge in [0.2, 0.25) is 5.16 Å². The summed E-state index contributed by atoms with van der Waals surface area (Å²) in [4.78, 5) is 15.7. The average Bonchev–Trinajstić information content (AvgIpc) is 2.60. The minimum Gasteiger partial charge on any atom is -0.465 e. The molecule has 1 rings (SSSR count). The van der Waals surface area contributed by atoms with Crippen LogP contribution >= 0.6 is 11.8 Å². The van der Waals surface area contributed by atoms with E-state index in [0.29, 0.717) is 17.7 Å². The largest absolute Gasteiger partial charge is 0.465 e. The smallest absolute Gasteiger partial charge is 0.319 e. The Morgan fingerprint density at radius 1 is 1.50 bits per heavy atom. The van der Waals surface area contributed by atoms with Gasteiger partial charge in [-0.15, -0.1) is 5.10 Å². The van der Waals surface area contributed by atoms with Gasteiger partial charge < -0.3 is 4.74 Å². The molecule has 0 aromatic carbocycles. The minimum atomic E-state index is -0.283. The van der Waals surface area contributed by atoms with Crippen molar-refractivity contribution >= 4 is 17.7 Å². The topological polar surface area (TPSA) is 67.9 Å². The molecule has 1 aromatic heterocycles. The van der Waals surface area contributed by atoms with Crippen molar-refractivity contribution in [3.05, 3.63) is 5.82 Å². The number of carbonyl (C=O) groups excluding carboxylic acids is 1. The Labute approximate surface area is 99.4 Å². The maximum Gasteiger partial charge on any atom is 0.319 e. The van der Waals surface area contributed by atoms with Gasteiger partial charge in [0.25, 0.3) is 0 Å². The van der Waals surface area contributed by atoms with Crippen molar-refractivity contribution in [1.29, 1.82) is 0 Å². The van der Waals surface area contributed by atoms with Crippen molar-refractivity contribution in [1.82, 2.24) is 15.2 Å². The molecule has 0 bridgehead atoms. The summed E-state index contributed by atoms with van der Waals surface area (Å²) in [7, 11) is 0. The zero-order chi connectivity index (χ0) is 12.1. The van der Waals surface area contributed by atoms with Gasteiger partial charge >= 0.3 is 5.97 Å². The molecule has 0 aliphatic rings. The molecule has 1 atom stereocenters. The Morgan fingerprint density at radius 3 is 2.69 bits per heavy atom. The van der Waals surface area contributed by atoms with Crippen LogP contribution < -0.4 is 0 Å². The van der Waals surface area contributed by atoms with Crippen molar-refractivity contribution in [3.8, 4) is 0 Å². The van der Waals surface area contributed by atoms with Gasteiger partial charge in [0, 0.05) is 0 Å². The summed E-state index contributed by atoms with van der Waals surface area (Å²) in [5, 5.41) is 6.97. The molecular formula is C10H17N3O2S. The zero-order valence-electron chi connectivity index (χ0n) is 9.98. The average molecular weight is 243 g/mol. The van der Waals surface area contributed by atoms with E-state index in [1.807, 2.05) is 20.8 Å². The molecule has 1 unspecified atom stereocenters. The number of ether oxygens (including phenoxy) is 1. The summed E-state index contributed by atoms with van der Waals surface area (Å²) in [6.45, 7) is 8.07. The quantitative estimate of drug-likeness (QED) is 0.631. The van der Waals surface area contributed by atoms with E-state index in [-0.39, 0.29) is 11.2 Å². The number of thioether (sulfide) groups is 1. The number of nitrogens with one attached hydrogen (secondary N) is 1. The predicted molar refractivity (Wildman–Crippen MR) is 62.2 cm³/mol. The highest BCUT2D eigenvalue weighted by atomic mass is 32.2. The first-order valence-corrected chi connectivity index (χ1v) is 6.09. The first kappa shape index (κ1) is 13.0. The summed E-state index contributed by atoms with van der Waals surface area (Å²) in [6, 6.07) is 0. The van der Waals surface area contributed by atoms with Gasteiger partial charge in [-0.2, -0.15) is 0 Å². The lowest BCUT2D eigenvalue weighted by atomic mass is 10.2. The van der Waals surface area contributed by atoms with E-state index < -0.39 is 0 Å². The summed E-state index contributed by atoms with van der Waals surface area (Å²) >= 11 is 1.30. The Kier molecular flexibility index (Phi) is 4.79. The number of esters is 1. The molecule has 0 aliphatic carbocycles. The van der Waals surface area contributed by atoms with Gasteiger partial charge in [-0.25, -0.2) is 4.98 Å². The Bertz CT molecular complexity index is 352. The van der Waals surface area contributed by atoms with Crippen LogP contribution in [0.15, 0.2) is 5.16 Å². The molecule has 1 heterocycles. The lowest BCUT2D eigenvalue weighted by Crippen LogP contribution is -2.19. The predicted octanol–water partition coefficient (Wildman–Crippen LogP) is 1.79. The molecule has 0 aliphatic heterocycles. The molecule has 5 nitrogen and oxygen atoms in total. The maximum absolute atomic E-state index is 11.5. The molecule has 0 amide bonds. The second kappa shape index (κ2) is 5.89. The monoisotopic (exact) mass is 243 g/mol. The van der Waals surface area contributed by atoms with Crippen LogP contribution in [0.4, 0.5) is 0 Å². The highest BCUT2D eigenvalue weighted by molar-refractivity contribution is 8.00. The number of hydrogen-bond acceptors (Lipinski definition) is 5. The van der Waals surface area contributed by atoms with E-state index in [1.54, 1.807) is 6.92 Å². The normalized spacial score (nSPS) is 12.8. The fraction of sp³-hybridized carbons (Fsp3) is 0.700.